The fourth-order valence-corrected chi connectivity index (χ4v) is 5.68. The molecule has 0 amide bonds. The van der Waals surface area contributed by atoms with Crippen molar-refractivity contribution in [2.45, 2.75) is 11.8 Å². The van der Waals surface area contributed by atoms with E-state index < -0.39 is 10.0 Å². The third kappa shape index (κ3) is 3.57. The van der Waals surface area contributed by atoms with Crippen LogP contribution >= 0.6 is 0 Å². The van der Waals surface area contributed by atoms with Gasteiger partial charge in [-0.2, -0.15) is 0 Å². The summed E-state index contributed by atoms with van der Waals surface area (Å²) in [5.41, 5.74) is 5.90. The van der Waals surface area contributed by atoms with E-state index in [-0.39, 0.29) is 4.90 Å². The van der Waals surface area contributed by atoms with E-state index in [0.29, 0.717) is 5.65 Å². The van der Waals surface area contributed by atoms with Crippen LogP contribution in [0.25, 0.3) is 44.2 Å². The van der Waals surface area contributed by atoms with E-state index in [1.165, 1.54) is 3.97 Å². The van der Waals surface area contributed by atoms with Crippen LogP contribution < -0.4 is 0 Å². The van der Waals surface area contributed by atoms with Gasteiger partial charge in [-0.1, -0.05) is 29.8 Å². The summed E-state index contributed by atoms with van der Waals surface area (Å²) in [5, 5.41) is 1.72. The maximum Gasteiger partial charge on any atom is 0.269 e. The van der Waals surface area contributed by atoms with Gasteiger partial charge in [-0.25, -0.2) is 17.4 Å². The van der Waals surface area contributed by atoms with E-state index in [1.54, 1.807) is 49.1 Å². The summed E-state index contributed by atoms with van der Waals surface area (Å²) >= 11 is 0. The van der Waals surface area contributed by atoms with Crippen LogP contribution in [0, 0.1) is 6.92 Å². The predicted molar refractivity (Wildman–Crippen MR) is 137 cm³/mol. The van der Waals surface area contributed by atoms with Crippen molar-refractivity contribution in [3.8, 4) is 22.3 Å². The molecule has 0 aliphatic rings. The highest BCUT2D eigenvalue weighted by Gasteiger charge is 2.23. The van der Waals surface area contributed by atoms with Crippen molar-refractivity contribution >= 4 is 32.0 Å². The van der Waals surface area contributed by atoms with Gasteiger partial charge in [-0.15, -0.1) is 0 Å². The zero-order chi connectivity index (χ0) is 24.0. The first-order valence-corrected chi connectivity index (χ1v) is 12.5. The molecule has 0 N–H and O–H groups in total. The lowest BCUT2D eigenvalue weighted by Crippen LogP contribution is -2.12. The fraction of sp³-hybridized carbons (Fsp3) is 0.0357. The van der Waals surface area contributed by atoms with Crippen LogP contribution in [0.3, 0.4) is 0 Å². The molecule has 0 radical (unpaired) electrons. The maximum atomic E-state index is 13.6. The van der Waals surface area contributed by atoms with Crippen LogP contribution in [0.5, 0.6) is 0 Å². The highest BCUT2D eigenvalue weighted by Crippen LogP contribution is 2.35. The van der Waals surface area contributed by atoms with Crippen LogP contribution in [-0.4, -0.2) is 27.3 Å². The number of fused-ring (bicyclic) bond motifs is 2. The Balaban J connectivity index is 1.57. The van der Waals surface area contributed by atoms with Gasteiger partial charge >= 0.3 is 0 Å². The third-order valence-electron chi connectivity index (χ3n) is 6.13. The Morgan fingerprint density at radius 1 is 0.743 bits per heavy atom. The van der Waals surface area contributed by atoms with Gasteiger partial charge in [0.1, 0.15) is 0 Å². The molecule has 0 saturated carbocycles. The highest BCUT2D eigenvalue weighted by atomic mass is 32.2. The molecule has 0 atom stereocenters. The van der Waals surface area contributed by atoms with Crippen LogP contribution in [0.1, 0.15) is 5.56 Å². The van der Waals surface area contributed by atoms with E-state index >= 15 is 0 Å². The minimum absolute atomic E-state index is 0.221. The molecule has 170 valence electrons. The van der Waals surface area contributed by atoms with Crippen molar-refractivity contribution in [3.63, 3.8) is 0 Å². The number of rotatable bonds is 4. The maximum absolute atomic E-state index is 13.6. The molecule has 0 bridgehead atoms. The Kier molecular flexibility index (Phi) is 4.93. The molecule has 0 aliphatic carbocycles. The van der Waals surface area contributed by atoms with Crippen molar-refractivity contribution in [1.29, 1.82) is 0 Å². The summed E-state index contributed by atoms with van der Waals surface area (Å²) in [4.78, 5) is 13.4. The summed E-state index contributed by atoms with van der Waals surface area (Å²) in [6.45, 7) is 1.93. The Morgan fingerprint density at radius 3 is 2.37 bits per heavy atom. The first-order valence-electron chi connectivity index (χ1n) is 11.1. The number of hydrogen-bond donors (Lipinski definition) is 0. The second-order valence-corrected chi connectivity index (χ2v) is 10.2. The van der Waals surface area contributed by atoms with Gasteiger partial charge < -0.3 is 0 Å². The lowest BCUT2D eigenvalue weighted by atomic mass is 9.98. The summed E-state index contributed by atoms with van der Waals surface area (Å²) in [6, 6.07) is 22.4. The number of nitrogens with zero attached hydrogens (tertiary/aromatic N) is 4. The van der Waals surface area contributed by atoms with Crippen molar-refractivity contribution in [2.24, 2.45) is 0 Å². The molecule has 7 heteroatoms. The lowest BCUT2D eigenvalue weighted by Gasteiger charge is -2.08. The minimum atomic E-state index is -3.83. The first-order chi connectivity index (χ1) is 17.0. The van der Waals surface area contributed by atoms with E-state index in [4.69, 9.17) is 0 Å². The number of aryl methyl sites for hydroxylation is 1. The van der Waals surface area contributed by atoms with Gasteiger partial charge in [-0.3, -0.25) is 9.97 Å². The van der Waals surface area contributed by atoms with Crippen LogP contribution in [0.15, 0.2) is 109 Å². The lowest BCUT2D eigenvalue weighted by molar-refractivity contribution is 0.589. The highest BCUT2D eigenvalue weighted by molar-refractivity contribution is 7.90. The standard InChI is InChI=1S/C28H20N4O2S/c1-19-6-9-22(10-7-19)35(33,34)32-18-26(24-5-3-14-31-28(24)32)20-8-11-27-25(16-20)23(12-15-30-27)21-4-2-13-29-17-21/h2-18H,1H3. The third-order valence-corrected chi connectivity index (χ3v) is 7.80. The van der Waals surface area contributed by atoms with Crippen LogP contribution in [0.2, 0.25) is 0 Å². The molecule has 6 aromatic rings. The van der Waals surface area contributed by atoms with Crippen molar-refractivity contribution in [3.05, 3.63) is 109 Å². The summed E-state index contributed by atoms with van der Waals surface area (Å²) in [6.07, 6.45) is 8.63. The average molecular weight is 477 g/mol. The second kappa shape index (κ2) is 8.14. The van der Waals surface area contributed by atoms with E-state index in [0.717, 1.165) is 44.1 Å². The van der Waals surface area contributed by atoms with Crippen LogP contribution in [-0.2, 0) is 10.0 Å². The predicted octanol–water partition coefficient (Wildman–Crippen LogP) is 5.86. The molecule has 35 heavy (non-hydrogen) atoms. The molecule has 0 aliphatic heterocycles. The van der Waals surface area contributed by atoms with Gasteiger partial charge in [-0.05, 0) is 66.6 Å². The number of hydrogen-bond acceptors (Lipinski definition) is 5. The summed E-state index contributed by atoms with van der Waals surface area (Å²) < 4.78 is 28.4. The molecule has 0 saturated heterocycles. The fourth-order valence-electron chi connectivity index (χ4n) is 4.36. The van der Waals surface area contributed by atoms with Gasteiger partial charge in [0.2, 0.25) is 0 Å². The van der Waals surface area contributed by atoms with E-state index in [9.17, 15) is 8.42 Å². The van der Waals surface area contributed by atoms with Gasteiger partial charge in [0, 0.05) is 52.9 Å². The Bertz CT molecular complexity index is 1810. The van der Waals surface area contributed by atoms with Crippen molar-refractivity contribution in [1.82, 2.24) is 18.9 Å². The summed E-state index contributed by atoms with van der Waals surface area (Å²) in [5.74, 6) is 0. The molecule has 4 aromatic heterocycles. The average Bonchev–Trinajstić information content (AvgIpc) is 3.29. The topological polar surface area (TPSA) is 77.7 Å². The number of aromatic nitrogens is 4. The van der Waals surface area contributed by atoms with E-state index in [2.05, 4.69) is 21.0 Å². The summed E-state index contributed by atoms with van der Waals surface area (Å²) in [7, 11) is -3.83. The Hall–Kier alpha value is -4.36. The smallest absolute Gasteiger partial charge is 0.264 e. The first kappa shape index (κ1) is 21.2. The second-order valence-electron chi connectivity index (χ2n) is 8.36. The molecule has 6 nitrogen and oxygen atoms in total. The molecular weight excluding hydrogens is 456 g/mol. The van der Waals surface area contributed by atoms with Crippen LogP contribution in [0.4, 0.5) is 0 Å². The van der Waals surface area contributed by atoms with E-state index in [1.807, 2.05) is 55.6 Å². The Morgan fingerprint density at radius 2 is 1.57 bits per heavy atom. The zero-order valence-electron chi connectivity index (χ0n) is 18.8. The van der Waals surface area contributed by atoms with Gasteiger partial charge in [0.05, 0.1) is 10.4 Å². The molecule has 2 aromatic carbocycles. The molecule has 4 heterocycles. The molecular formula is C28H20N4O2S. The number of pyridine rings is 3. The van der Waals surface area contributed by atoms with Gasteiger partial charge in [0.25, 0.3) is 10.0 Å². The SMILES string of the molecule is Cc1ccc(S(=O)(=O)n2cc(-c3ccc4nccc(-c5cccnc5)c4c3)c3cccnc32)cc1. The largest absolute Gasteiger partial charge is 0.269 e. The van der Waals surface area contributed by atoms with Gasteiger partial charge in [0.15, 0.2) is 5.65 Å². The number of benzene rings is 2. The normalized spacial score (nSPS) is 11.8. The minimum Gasteiger partial charge on any atom is -0.264 e. The zero-order valence-corrected chi connectivity index (χ0v) is 19.6. The Labute approximate surface area is 202 Å². The van der Waals surface area contributed by atoms with Crippen molar-refractivity contribution < 1.29 is 8.42 Å². The quantitative estimate of drug-likeness (QED) is 0.319. The van der Waals surface area contributed by atoms with Crippen molar-refractivity contribution in [2.75, 3.05) is 0 Å². The monoisotopic (exact) mass is 476 g/mol. The molecule has 6 rings (SSSR count). The molecule has 0 unspecified atom stereocenters. The molecule has 0 fully saturated rings. The molecule has 0 spiro atoms.